The van der Waals surface area contributed by atoms with Gasteiger partial charge >= 0.3 is 6.09 Å². The monoisotopic (exact) mass is 267 g/mol. The fourth-order valence-corrected chi connectivity index (χ4v) is 2.22. The van der Waals surface area contributed by atoms with Gasteiger partial charge in [-0.25, -0.2) is 9.36 Å². The van der Waals surface area contributed by atoms with Crippen LogP contribution in [0.1, 0.15) is 5.69 Å². The molecule has 20 heavy (non-hydrogen) atoms. The number of carbonyl (C=O) groups is 1. The molecule has 4 heteroatoms. The summed E-state index contributed by atoms with van der Waals surface area (Å²) in [5.41, 5.74) is 1.29. The molecule has 0 aliphatic rings. The fourth-order valence-electron chi connectivity index (χ4n) is 2.22. The highest BCUT2D eigenvalue weighted by Crippen LogP contribution is 2.21. The molecule has 0 spiro atoms. The van der Waals surface area contributed by atoms with Crippen molar-refractivity contribution in [1.82, 2.24) is 4.57 Å². The summed E-state index contributed by atoms with van der Waals surface area (Å²) < 4.78 is 6.89. The first-order valence-corrected chi connectivity index (χ1v) is 6.26. The molecular formula is C16H13NO3. The molecule has 0 saturated heterocycles. The lowest BCUT2D eigenvalue weighted by Gasteiger charge is -2.07. The second kappa shape index (κ2) is 5.09. The number of carboxylic acid groups (broad SMARTS) is 1. The Morgan fingerprint density at radius 3 is 2.50 bits per heavy atom. The second-order valence-corrected chi connectivity index (χ2v) is 4.41. The van der Waals surface area contributed by atoms with Gasteiger partial charge in [-0.05, 0) is 24.3 Å². The molecule has 1 N–H and O–H groups in total. The van der Waals surface area contributed by atoms with Crippen molar-refractivity contribution in [3.05, 3.63) is 66.4 Å². The van der Waals surface area contributed by atoms with Gasteiger partial charge in [0.25, 0.3) is 0 Å². The molecule has 4 nitrogen and oxygen atoms in total. The van der Waals surface area contributed by atoms with E-state index in [1.165, 1.54) is 4.57 Å². The third-order valence-electron chi connectivity index (χ3n) is 3.11. The summed E-state index contributed by atoms with van der Waals surface area (Å²) >= 11 is 0. The van der Waals surface area contributed by atoms with E-state index in [1.807, 2.05) is 54.6 Å². The molecule has 100 valence electrons. The van der Waals surface area contributed by atoms with Gasteiger partial charge in [0.15, 0.2) is 0 Å². The van der Waals surface area contributed by atoms with Crippen LogP contribution in [0.25, 0.3) is 10.9 Å². The van der Waals surface area contributed by atoms with E-state index in [-0.39, 0.29) is 6.61 Å². The molecule has 0 aliphatic heterocycles. The van der Waals surface area contributed by atoms with E-state index < -0.39 is 6.09 Å². The van der Waals surface area contributed by atoms with Gasteiger partial charge in [0.2, 0.25) is 0 Å². The Labute approximate surface area is 115 Å². The zero-order valence-electron chi connectivity index (χ0n) is 10.7. The second-order valence-electron chi connectivity index (χ2n) is 4.41. The minimum Gasteiger partial charge on any atom is -0.487 e. The lowest BCUT2D eigenvalue weighted by atomic mass is 10.2. The predicted molar refractivity (Wildman–Crippen MR) is 76.1 cm³/mol. The highest BCUT2D eigenvalue weighted by atomic mass is 16.5. The van der Waals surface area contributed by atoms with Crippen LogP contribution in [0.5, 0.6) is 5.75 Å². The summed E-state index contributed by atoms with van der Waals surface area (Å²) in [6.45, 7) is 0.213. The van der Waals surface area contributed by atoms with Crippen molar-refractivity contribution < 1.29 is 14.6 Å². The first-order valence-electron chi connectivity index (χ1n) is 6.26. The van der Waals surface area contributed by atoms with Crippen LogP contribution in [0.3, 0.4) is 0 Å². The third kappa shape index (κ3) is 2.23. The predicted octanol–water partition coefficient (Wildman–Crippen LogP) is 3.75. The molecule has 0 bridgehead atoms. The Bertz CT molecular complexity index is 747. The Hall–Kier alpha value is -2.75. The quantitative estimate of drug-likeness (QED) is 0.786. The highest BCUT2D eigenvalue weighted by Gasteiger charge is 2.14. The summed E-state index contributed by atoms with van der Waals surface area (Å²) in [6, 6.07) is 18.6. The molecule has 2 aromatic carbocycles. The van der Waals surface area contributed by atoms with E-state index in [9.17, 15) is 9.90 Å². The molecule has 0 unspecified atom stereocenters. The van der Waals surface area contributed by atoms with Gasteiger partial charge in [-0.2, -0.15) is 0 Å². The topological polar surface area (TPSA) is 51.5 Å². The largest absolute Gasteiger partial charge is 0.487 e. The lowest BCUT2D eigenvalue weighted by Crippen LogP contribution is -2.13. The van der Waals surface area contributed by atoms with Gasteiger partial charge < -0.3 is 9.84 Å². The van der Waals surface area contributed by atoms with Crippen molar-refractivity contribution in [1.29, 1.82) is 0 Å². The Kier molecular flexibility index (Phi) is 3.13. The lowest BCUT2D eigenvalue weighted by molar-refractivity contribution is 0.194. The number of rotatable bonds is 3. The molecule has 0 amide bonds. The van der Waals surface area contributed by atoms with Crippen molar-refractivity contribution in [3.63, 3.8) is 0 Å². The van der Waals surface area contributed by atoms with E-state index >= 15 is 0 Å². The molecule has 0 radical (unpaired) electrons. The van der Waals surface area contributed by atoms with Crippen molar-refractivity contribution in [2.24, 2.45) is 0 Å². The minimum atomic E-state index is -1.00. The standard InChI is InChI=1S/C16H13NO3/c18-16(19)17-13(10-12-6-4-5-9-15(12)17)11-20-14-7-2-1-3-8-14/h1-10H,11H2,(H,18,19). The minimum absolute atomic E-state index is 0.213. The average molecular weight is 267 g/mol. The number of para-hydroxylation sites is 2. The molecule has 0 aliphatic carbocycles. The summed E-state index contributed by atoms with van der Waals surface area (Å²) in [4.78, 5) is 11.4. The Balaban J connectivity index is 1.95. The SMILES string of the molecule is O=C(O)n1c(COc2ccccc2)cc2ccccc21. The van der Waals surface area contributed by atoms with Crippen molar-refractivity contribution in [3.8, 4) is 5.75 Å². The van der Waals surface area contributed by atoms with Crippen LogP contribution >= 0.6 is 0 Å². The zero-order chi connectivity index (χ0) is 13.9. The number of hydrogen-bond donors (Lipinski definition) is 1. The van der Waals surface area contributed by atoms with Gasteiger partial charge in [-0.1, -0.05) is 36.4 Å². The molecule has 1 aromatic heterocycles. The van der Waals surface area contributed by atoms with E-state index in [4.69, 9.17) is 4.74 Å². The smallest absolute Gasteiger partial charge is 0.416 e. The van der Waals surface area contributed by atoms with E-state index in [1.54, 1.807) is 6.07 Å². The first kappa shape index (κ1) is 12.3. The summed E-state index contributed by atoms with van der Waals surface area (Å²) in [5.74, 6) is 0.717. The van der Waals surface area contributed by atoms with Crippen molar-refractivity contribution in [2.75, 3.05) is 0 Å². The van der Waals surface area contributed by atoms with Crippen molar-refractivity contribution >= 4 is 17.0 Å². The van der Waals surface area contributed by atoms with Crippen LogP contribution in [0.4, 0.5) is 4.79 Å². The van der Waals surface area contributed by atoms with Crippen LogP contribution in [-0.2, 0) is 6.61 Å². The van der Waals surface area contributed by atoms with Crippen LogP contribution in [0.15, 0.2) is 60.7 Å². The molecule has 0 saturated carbocycles. The number of ether oxygens (including phenoxy) is 1. The normalized spacial score (nSPS) is 10.6. The number of benzene rings is 2. The maximum Gasteiger partial charge on any atom is 0.416 e. The van der Waals surface area contributed by atoms with Crippen LogP contribution in [0.2, 0.25) is 0 Å². The van der Waals surface area contributed by atoms with E-state index in [2.05, 4.69) is 0 Å². The molecule has 0 fully saturated rings. The van der Waals surface area contributed by atoms with Gasteiger partial charge in [-0.15, -0.1) is 0 Å². The van der Waals surface area contributed by atoms with Gasteiger partial charge in [0, 0.05) is 5.39 Å². The van der Waals surface area contributed by atoms with Crippen molar-refractivity contribution in [2.45, 2.75) is 6.61 Å². The Morgan fingerprint density at radius 1 is 1.05 bits per heavy atom. The van der Waals surface area contributed by atoms with Gasteiger partial charge in [-0.3, -0.25) is 0 Å². The van der Waals surface area contributed by atoms with Gasteiger partial charge in [0.05, 0.1) is 11.2 Å². The third-order valence-corrected chi connectivity index (χ3v) is 3.11. The summed E-state index contributed by atoms with van der Waals surface area (Å²) in [5, 5.41) is 10.2. The molecule has 1 heterocycles. The maximum absolute atomic E-state index is 11.4. The van der Waals surface area contributed by atoms with E-state index in [0.29, 0.717) is 11.2 Å². The number of nitrogens with zero attached hydrogens (tertiary/aromatic N) is 1. The van der Waals surface area contributed by atoms with Crippen LogP contribution < -0.4 is 4.74 Å². The maximum atomic E-state index is 11.4. The van der Waals surface area contributed by atoms with Gasteiger partial charge in [0.1, 0.15) is 12.4 Å². The van der Waals surface area contributed by atoms with Crippen LogP contribution in [-0.4, -0.2) is 15.8 Å². The highest BCUT2D eigenvalue weighted by molar-refractivity contribution is 5.90. The average Bonchev–Trinajstić information content (AvgIpc) is 2.84. The van der Waals surface area contributed by atoms with E-state index in [0.717, 1.165) is 11.1 Å². The summed E-state index contributed by atoms with van der Waals surface area (Å²) in [6.07, 6.45) is -1.00. The molecule has 3 aromatic rings. The number of hydrogen-bond acceptors (Lipinski definition) is 2. The first-order chi connectivity index (χ1) is 9.75. The fraction of sp³-hybridized carbons (Fsp3) is 0.0625. The molecule has 0 atom stereocenters. The molecule has 3 rings (SSSR count). The summed E-state index contributed by atoms with van der Waals surface area (Å²) in [7, 11) is 0. The molecular weight excluding hydrogens is 254 g/mol. The van der Waals surface area contributed by atoms with Crippen LogP contribution in [0, 0.1) is 0 Å². The zero-order valence-corrected chi connectivity index (χ0v) is 10.7. The Morgan fingerprint density at radius 2 is 1.75 bits per heavy atom. The number of aromatic nitrogens is 1. The number of fused-ring (bicyclic) bond motifs is 1.